The van der Waals surface area contributed by atoms with Crippen LogP contribution in [0, 0.1) is 0 Å². The summed E-state index contributed by atoms with van der Waals surface area (Å²) in [6, 6.07) is 4.07. The van der Waals surface area contributed by atoms with E-state index < -0.39 is 0 Å². The summed E-state index contributed by atoms with van der Waals surface area (Å²) in [5, 5.41) is 5.80. The summed E-state index contributed by atoms with van der Waals surface area (Å²) >= 11 is 0. The van der Waals surface area contributed by atoms with Crippen LogP contribution in [-0.4, -0.2) is 24.1 Å². The predicted molar refractivity (Wildman–Crippen MR) is 55.8 cm³/mol. The predicted octanol–water partition coefficient (Wildman–Crippen LogP) is 0.251. The Kier molecular flexibility index (Phi) is 4.19. The molecular formula is C10H17N3O. The number of carbonyl (C=O) groups excluding carboxylic acids is 1. The summed E-state index contributed by atoms with van der Waals surface area (Å²) in [5.41, 5.74) is 1.22. The topological polar surface area (TPSA) is 46.1 Å². The number of hydrogen-bond donors (Lipinski definition) is 2. The van der Waals surface area contributed by atoms with Crippen molar-refractivity contribution in [2.24, 2.45) is 7.05 Å². The van der Waals surface area contributed by atoms with Gasteiger partial charge < -0.3 is 15.2 Å². The van der Waals surface area contributed by atoms with Crippen molar-refractivity contribution in [3.63, 3.8) is 0 Å². The molecule has 1 heterocycles. The van der Waals surface area contributed by atoms with Gasteiger partial charge in [0.05, 0.1) is 0 Å². The lowest BCUT2D eigenvalue weighted by atomic mass is 10.3. The minimum absolute atomic E-state index is 0.0735. The fraction of sp³-hybridized carbons (Fsp3) is 0.500. The highest BCUT2D eigenvalue weighted by Crippen LogP contribution is 1.97. The van der Waals surface area contributed by atoms with Crippen LogP contribution in [0.2, 0.25) is 0 Å². The molecule has 0 unspecified atom stereocenters. The first-order valence-corrected chi connectivity index (χ1v) is 4.75. The molecule has 0 saturated carbocycles. The van der Waals surface area contributed by atoms with Crippen LogP contribution in [0.25, 0.3) is 0 Å². The fourth-order valence-corrected chi connectivity index (χ4v) is 1.22. The van der Waals surface area contributed by atoms with Gasteiger partial charge in [-0.3, -0.25) is 4.79 Å². The molecule has 1 aromatic rings. The summed E-state index contributed by atoms with van der Waals surface area (Å²) in [6.07, 6.45) is 2.54. The van der Waals surface area contributed by atoms with E-state index in [9.17, 15) is 4.79 Å². The van der Waals surface area contributed by atoms with Crippen molar-refractivity contribution in [2.45, 2.75) is 13.0 Å². The molecule has 0 aliphatic carbocycles. The van der Waals surface area contributed by atoms with E-state index in [0.717, 1.165) is 6.54 Å². The number of aromatic nitrogens is 1. The highest BCUT2D eigenvalue weighted by molar-refractivity contribution is 5.75. The monoisotopic (exact) mass is 195 g/mol. The number of nitrogens with one attached hydrogen (secondary N) is 2. The third-order valence-electron chi connectivity index (χ3n) is 2.17. The third kappa shape index (κ3) is 3.22. The standard InChI is InChI=1S/C10H17N3O/c1-11-10(14)5-6-12-8-9-4-3-7-13(9)2/h3-4,7,12H,5-6,8H2,1-2H3,(H,11,14). The Hall–Kier alpha value is -1.29. The fourth-order valence-electron chi connectivity index (χ4n) is 1.22. The lowest BCUT2D eigenvalue weighted by Gasteiger charge is -2.05. The van der Waals surface area contributed by atoms with Crippen LogP contribution < -0.4 is 10.6 Å². The van der Waals surface area contributed by atoms with Gasteiger partial charge in [0.2, 0.25) is 5.91 Å². The van der Waals surface area contributed by atoms with Crippen molar-refractivity contribution < 1.29 is 4.79 Å². The van der Waals surface area contributed by atoms with Crippen LogP contribution in [0.4, 0.5) is 0 Å². The van der Waals surface area contributed by atoms with Crippen LogP contribution in [0.1, 0.15) is 12.1 Å². The Morgan fingerprint density at radius 3 is 2.93 bits per heavy atom. The number of hydrogen-bond acceptors (Lipinski definition) is 2. The first-order valence-electron chi connectivity index (χ1n) is 4.75. The molecule has 0 radical (unpaired) electrons. The normalized spacial score (nSPS) is 10.1. The lowest BCUT2D eigenvalue weighted by molar-refractivity contribution is -0.120. The van der Waals surface area contributed by atoms with Crippen LogP contribution >= 0.6 is 0 Å². The molecule has 0 atom stereocenters. The molecular weight excluding hydrogens is 178 g/mol. The van der Waals surface area contributed by atoms with Gasteiger partial charge in [-0.2, -0.15) is 0 Å². The van der Waals surface area contributed by atoms with Gasteiger partial charge in [0, 0.05) is 45.5 Å². The van der Waals surface area contributed by atoms with Gasteiger partial charge in [0.15, 0.2) is 0 Å². The minimum atomic E-state index is 0.0735. The number of nitrogens with zero attached hydrogens (tertiary/aromatic N) is 1. The van der Waals surface area contributed by atoms with E-state index in [-0.39, 0.29) is 5.91 Å². The maximum absolute atomic E-state index is 10.9. The van der Waals surface area contributed by atoms with Crippen LogP contribution in [0.3, 0.4) is 0 Å². The van der Waals surface area contributed by atoms with Crippen molar-refractivity contribution in [2.75, 3.05) is 13.6 Å². The zero-order chi connectivity index (χ0) is 10.4. The molecule has 78 valence electrons. The van der Waals surface area contributed by atoms with Gasteiger partial charge >= 0.3 is 0 Å². The molecule has 0 aromatic carbocycles. The maximum atomic E-state index is 10.9. The molecule has 0 fully saturated rings. The molecule has 4 heteroatoms. The Labute approximate surface area is 84.3 Å². The quantitative estimate of drug-likeness (QED) is 0.662. The number of aryl methyl sites for hydroxylation is 1. The average molecular weight is 195 g/mol. The van der Waals surface area contributed by atoms with Crippen LogP contribution in [-0.2, 0) is 18.4 Å². The van der Waals surface area contributed by atoms with Gasteiger partial charge in [-0.25, -0.2) is 0 Å². The summed E-state index contributed by atoms with van der Waals surface area (Å²) in [4.78, 5) is 10.9. The molecule has 1 amide bonds. The van der Waals surface area contributed by atoms with E-state index in [1.54, 1.807) is 7.05 Å². The van der Waals surface area contributed by atoms with Crippen LogP contribution in [0.5, 0.6) is 0 Å². The van der Waals surface area contributed by atoms with E-state index in [0.29, 0.717) is 13.0 Å². The Balaban J connectivity index is 2.16. The van der Waals surface area contributed by atoms with Crippen molar-refractivity contribution in [3.05, 3.63) is 24.0 Å². The molecule has 1 aromatic heterocycles. The molecule has 2 N–H and O–H groups in total. The molecule has 0 bridgehead atoms. The molecule has 0 aliphatic rings. The smallest absolute Gasteiger partial charge is 0.221 e. The van der Waals surface area contributed by atoms with E-state index in [4.69, 9.17) is 0 Å². The van der Waals surface area contributed by atoms with Gasteiger partial charge in [0.1, 0.15) is 0 Å². The van der Waals surface area contributed by atoms with E-state index in [1.807, 2.05) is 19.3 Å². The summed E-state index contributed by atoms with van der Waals surface area (Å²) in [6.45, 7) is 1.52. The van der Waals surface area contributed by atoms with E-state index in [2.05, 4.69) is 21.3 Å². The second kappa shape index (κ2) is 5.44. The van der Waals surface area contributed by atoms with Crippen molar-refractivity contribution in [1.82, 2.24) is 15.2 Å². The number of rotatable bonds is 5. The zero-order valence-corrected chi connectivity index (χ0v) is 8.71. The average Bonchev–Trinajstić information content (AvgIpc) is 2.58. The van der Waals surface area contributed by atoms with E-state index in [1.165, 1.54) is 5.69 Å². The van der Waals surface area contributed by atoms with Crippen LogP contribution in [0.15, 0.2) is 18.3 Å². The SMILES string of the molecule is CNC(=O)CCNCc1cccn1C. The summed E-state index contributed by atoms with van der Waals surface area (Å²) in [7, 11) is 3.66. The summed E-state index contributed by atoms with van der Waals surface area (Å²) in [5.74, 6) is 0.0735. The third-order valence-corrected chi connectivity index (χ3v) is 2.17. The highest BCUT2D eigenvalue weighted by atomic mass is 16.1. The van der Waals surface area contributed by atoms with Gasteiger partial charge in [-0.1, -0.05) is 0 Å². The maximum Gasteiger partial charge on any atom is 0.221 e. The number of amides is 1. The molecule has 14 heavy (non-hydrogen) atoms. The molecule has 0 saturated heterocycles. The molecule has 0 aliphatic heterocycles. The van der Waals surface area contributed by atoms with E-state index >= 15 is 0 Å². The van der Waals surface area contributed by atoms with Gasteiger partial charge in [0.25, 0.3) is 0 Å². The molecule has 0 spiro atoms. The van der Waals surface area contributed by atoms with Gasteiger partial charge in [-0.15, -0.1) is 0 Å². The Bertz CT molecular complexity index is 293. The Morgan fingerprint density at radius 2 is 2.36 bits per heavy atom. The lowest BCUT2D eigenvalue weighted by Crippen LogP contribution is -2.24. The first kappa shape index (κ1) is 10.8. The number of carbonyl (C=O) groups is 1. The summed E-state index contributed by atoms with van der Waals surface area (Å²) < 4.78 is 2.06. The second-order valence-corrected chi connectivity index (χ2v) is 3.21. The van der Waals surface area contributed by atoms with Gasteiger partial charge in [-0.05, 0) is 12.1 Å². The zero-order valence-electron chi connectivity index (χ0n) is 8.71. The Morgan fingerprint density at radius 1 is 1.57 bits per heavy atom. The van der Waals surface area contributed by atoms with Crippen molar-refractivity contribution >= 4 is 5.91 Å². The highest BCUT2D eigenvalue weighted by Gasteiger charge is 1.98. The van der Waals surface area contributed by atoms with Crippen molar-refractivity contribution in [1.29, 1.82) is 0 Å². The minimum Gasteiger partial charge on any atom is -0.359 e. The largest absolute Gasteiger partial charge is 0.359 e. The second-order valence-electron chi connectivity index (χ2n) is 3.21. The first-order chi connectivity index (χ1) is 6.74. The van der Waals surface area contributed by atoms with Crippen molar-refractivity contribution in [3.8, 4) is 0 Å². The molecule has 1 rings (SSSR count). The molecule has 4 nitrogen and oxygen atoms in total.